The van der Waals surface area contributed by atoms with E-state index >= 15 is 0 Å². The first-order valence-electron chi connectivity index (χ1n) is 5.43. The van der Waals surface area contributed by atoms with Crippen molar-refractivity contribution < 1.29 is 4.39 Å². The quantitative estimate of drug-likeness (QED) is 0.625. The van der Waals surface area contributed by atoms with Gasteiger partial charge in [-0.1, -0.05) is 42.5 Å². The summed E-state index contributed by atoms with van der Waals surface area (Å²) in [5.41, 5.74) is 0.949. The number of allylic oxidation sites excluding steroid dienone is 3. The zero-order valence-electron chi connectivity index (χ0n) is 8.70. The van der Waals surface area contributed by atoms with Gasteiger partial charge in [-0.2, -0.15) is 0 Å². The number of benzene rings is 1. The van der Waals surface area contributed by atoms with Crippen molar-refractivity contribution in [2.24, 2.45) is 5.92 Å². The number of hydrogen-bond acceptors (Lipinski definition) is 0. The second kappa shape index (κ2) is 4.92. The summed E-state index contributed by atoms with van der Waals surface area (Å²) in [5.74, 6) is 0.112. The maximum atomic E-state index is 13.8. The van der Waals surface area contributed by atoms with E-state index in [-0.39, 0.29) is 11.7 Å². The van der Waals surface area contributed by atoms with Crippen LogP contribution in [0.3, 0.4) is 0 Å². The molecule has 15 heavy (non-hydrogen) atoms. The molecule has 1 unspecified atom stereocenters. The van der Waals surface area contributed by atoms with Gasteiger partial charge in [-0.3, -0.25) is 0 Å². The number of rotatable bonds is 2. The summed E-state index contributed by atoms with van der Waals surface area (Å²) in [7, 11) is 0. The molecule has 0 fully saturated rings. The van der Waals surface area contributed by atoms with Gasteiger partial charge in [0.05, 0.1) is 0 Å². The van der Waals surface area contributed by atoms with Crippen LogP contribution in [-0.4, -0.2) is 0 Å². The standard InChI is InChI=1S/C14H15F/c15-14(13-9-5-2-6-10-13)11-12-7-3-1-4-8-12/h1-5,7-8,11,13H,6,9-10H2/b14-11-. The van der Waals surface area contributed by atoms with Gasteiger partial charge in [-0.25, -0.2) is 4.39 Å². The molecule has 0 aliphatic heterocycles. The van der Waals surface area contributed by atoms with Crippen molar-refractivity contribution in [2.75, 3.05) is 0 Å². The Balaban J connectivity index is 2.10. The van der Waals surface area contributed by atoms with E-state index in [4.69, 9.17) is 0 Å². The van der Waals surface area contributed by atoms with Crippen LogP contribution in [-0.2, 0) is 0 Å². The highest BCUT2D eigenvalue weighted by Gasteiger charge is 2.14. The van der Waals surface area contributed by atoms with Gasteiger partial charge in [-0.15, -0.1) is 0 Å². The minimum absolute atomic E-state index is 0.0190. The highest BCUT2D eigenvalue weighted by molar-refractivity contribution is 5.51. The predicted octanol–water partition coefficient (Wildman–Crippen LogP) is 4.35. The minimum atomic E-state index is 0.0190. The fourth-order valence-corrected chi connectivity index (χ4v) is 1.87. The SMILES string of the molecule is F/C(=C\c1ccccc1)C1CC=CCC1. The lowest BCUT2D eigenvalue weighted by Gasteiger charge is -2.15. The Labute approximate surface area is 90.1 Å². The van der Waals surface area contributed by atoms with Gasteiger partial charge in [-0.05, 0) is 30.9 Å². The number of hydrogen-bond donors (Lipinski definition) is 0. The van der Waals surface area contributed by atoms with Crippen molar-refractivity contribution in [3.63, 3.8) is 0 Å². The second-order valence-electron chi connectivity index (χ2n) is 3.92. The molecule has 2 rings (SSSR count). The van der Waals surface area contributed by atoms with Crippen LogP contribution >= 0.6 is 0 Å². The van der Waals surface area contributed by atoms with Crippen LogP contribution in [0.2, 0.25) is 0 Å². The summed E-state index contributed by atoms with van der Waals surface area (Å²) >= 11 is 0. The highest BCUT2D eigenvalue weighted by atomic mass is 19.1. The van der Waals surface area contributed by atoms with Crippen LogP contribution in [0.15, 0.2) is 48.3 Å². The molecule has 0 saturated heterocycles. The molecule has 1 aromatic carbocycles. The van der Waals surface area contributed by atoms with Crippen molar-refractivity contribution in [3.05, 3.63) is 53.9 Å². The maximum absolute atomic E-state index is 13.8. The lowest BCUT2D eigenvalue weighted by Crippen LogP contribution is -2.02. The summed E-state index contributed by atoms with van der Waals surface area (Å²) in [5, 5.41) is 0. The lowest BCUT2D eigenvalue weighted by atomic mass is 9.92. The number of halogens is 1. The van der Waals surface area contributed by atoms with Crippen LogP contribution < -0.4 is 0 Å². The van der Waals surface area contributed by atoms with Crippen molar-refractivity contribution in [2.45, 2.75) is 19.3 Å². The highest BCUT2D eigenvalue weighted by Crippen LogP contribution is 2.27. The summed E-state index contributed by atoms with van der Waals surface area (Å²) in [6, 6.07) is 9.66. The molecular formula is C14H15F. The average Bonchev–Trinajstić information content (AvgIpc) is 2.31. The molecule has 1 aliphatic carbocycles. The molecule has 0 heterocycles. The third-order valence-corrected chi connectivity index (χ3v) is 2.76. The molecule has 1 heteroatoms. The van der Waals surface area contributed by atoms with Crippen LogP contribution in [0, 0.1) is 5.92 Å². The monoisotopic (exact) mass is 202 g/mol. The van der Waals surface area contributed by atoms with E-state index in [1.165, 1.54) is 0 Å². The summed E-state index contributed by atoms with van der Waals surface area (Å²) in [4.78, 5) is 0. The molecule has 0 aromatic heterocycles. The van der Waals surface area contributed by atoms with Crippen LogP contribution in [0.5, 0.6) is 0 Å². The molecule has 0 nitrogen and oxygen atoms in total. The molecule has 1 aromatic rings. The van der Waals surface area contributed by atoms with E-state index in [1.807, 2.05) is 30.3 Å². The minimum Gasteiger partial charge on any atom is -0.211 e. The Morgan fingerprint density at radius 3 is 2.67 bits per heavy atom. The Kier molecular flexibility index (Phi) is 3.33. The second-order valence-corrected chi connectivity index (χ2v) is 3.92. The Bertz CT molecular complexity index is 362. The largest absolute Gasteiger partial charge is 0.211 e. The summed E-state index contributed by atoms with van der Waals surface area (Å²) < 4.78 is 13.8. The first kappa shape index (κ1) is 10.2. The fraction of sp³-hybridized carbons (Fsp3) is 0.286. The molecule has 0 amide bonds. The Morgan fingerprint density at radius 1 is 1.20 bits per heavy atom. The van der Waals surface area contributed by atoms with E-state index in [0.717, 1.165) is 24.8 Å². The van der Waals surface area contributed by atoms with Gasteiger partial charge in [0.25, 0.3) is 0 Å². The maximum Gasteiger partial charge on any atom is 0.104 e. The van der Waals surface area contributed by atoms with Gasteiger partial charge in [0.15, 0.2) is 0 Å². The average molecular weight is 202 g/mol. The molecule has 0 bridgehead atoms. The first-order chi connectivity index (χ1) is 7.36. The molecule has 0 radical (unpaired) electrons. The summed E-state index contributed by atoms with van der Waals surface area (Å²) in [6.45, 7) is 0. The normalized spacial score (nSPS) is 21.7. The molecule has 0 spiro atoms. The topological polar surface area (TPSA) is 0 Å². The van der Waals surface area contributed by atoms with Crippen molar-refractivity contribution in [3.8, 4) is 0 Å². The lowest BCUT2D eigenvalue weighted by molar-refractivity contribution is 0.441. The van der Waals surface area contributed by atoms with Crippen molar-refractivity contribution in [1.82, 2.24) is 0 Å². The Hall–Kier alpha value is -1.37. The molecule has 0 N–H and O–H groups in total. The third kappa shape index (κ3) is 2.79. The molecule has 1 atom stereocenters. The van der Waals surface area contributed by atoms with Gasteiger partial charge >= 0.3 is 0 Å². The van der Waals surface area contributed by atoms with Crippen LogP contribution in [0.25, 0.3) is 6.08 Å². The third-order valence-electron chi connectivity index (χ3n) is 2.76. The van der Waals surface area contributed by atoms with Crippen LogP contribution in [0.1, 0.15) is 24.8 Å². The van der Waals surface area contributed by atoms with Gasteiger partial charge in [0.2, 0.25) is 0 Å². The molecule has 78 valence electrons. The van der Waals surface area contributed by atoms with E-state index < -0.39 is 0 Å². The fourth-order valence-electron chi connectivity index (χ4n) is 1.87. The van der Waals surface area contributed by atoms with Crippen molar-refractivity contribution >= 4 is 6.08 Å². The smallest absolute Gasteiger partial charge is 0.104 e. The van der Waals surface area contributed by atoms with E-state index in [9.17, 15) is 4.39 Å². The molecule has 1 aliphatic rings. The summed E-state index contributed by atoms with van der Waals surface area (Å²) in [6.07, 6.45) is 8.64. The first-order valence-corrected chi connectivity index (χ1v) is 5.43. The van der Waals surface area contributed by atoms with Gasteiger partial charge in [0, 0.05) is 5.92 Å². The van der Waals surface area contributed by atoms with E-state index in [1.54, 1.807) is 6.08 Å². The molecular weight excluding hydrogens is 187 g/mol. The van der Waals surface area contributed by atoms with Crippen molar-refractivity contribution in [1.29, 1.82) is 0 Å². The Morgan fingerprint density at radius 2 is 2.00 bits per heavy atom. The zero-order chi connectivity index (χ0) is 10.5. The van der Waals surface area contributed by atoms with E-state index in [2.05, 4.69) is 12.2 Å². The van der Waals surface area contributed by atoms with E-state index in [0.29, 0.717) is 0 Å². The molecule has 0 saturated carbocycles. The predicted molar refractivity (Wildman–Crippen MR) is 62.0 cm³/mol. The van der Waals surface area contributed by atoms with Gasteiger partial charge in [0.1, 0.15) is 5.83 Å². The van der Waals surface area contributed by atoms with Gasteiger partial charge < -0.3 is 0 Å². The zero-order valence-corrected chi connectivity index (χ0v) is 8.70. The van der Waals surface area contributed by atoms with Crippen LogP contribution in [0.4, 0.5) is 4.39 Å².